The Morgan fingerprint density at radius 2 is 0.939 bits per heavy atom. The number of hydrogen-bond donors (Lipinski definition) is 0. The maximum atomic E-state index is 12.0. The summed E-state index contributed by atoms with van der Waals surface area (Å²) in [5.74, 6) is 0.917. The number of sulfone groups is 1. The van der Waals surface area contributed by atoms with Crippen molar-refractivity contribution in [3.63, 3.8) is 0 Å². The van der Waals surface area contributed by atoms with E-state index in [1.807, 2.05) is 31.2 Å². The first-order valence-electron chi connectivity index (χ1n) is 13.3. The normalized spacial score (nSPS) is 12.0. The lowest BCUT2D eigenvalue weighted by Crippen LogP contribution is -2.23. The maximum absolute atomic E-state index is 12.0. The highest BCUT2D eigenvalue weighted by molar-refractivity contribution is 8.00. The van der Waals surface area contributed by atoms with Gasteiger partial charge in [0.15, 0.2) is 10.8 Å². The van der Waals surface area contributed by atoms with E-state index in [-0.39, 0.29) is 29.0 Å². The number of alkyl halides is 9. The Bertz CT molecular complexity index is 1670. The van der Waals surface area contributed by atoms with Crippen molar-refractivity contribution in [3.05, 3.63) is 119 Å². The summed E-state index contributed by atoms with van der Waals surface area (Å²) < 4.78 is 145. The molecule has 272 valence electrons. The minimum Gasteiger partial charge on any atom is -0.497 e. The van der Waals surface area contributed by atoms with Gasteiger partial charge in [0, 0.05) is 9.79 Å². The van der Waals surface area contributed by atoms with Crippen LogP contribution in [0.4, 0.5) is 39.5 Å². The van der Waals surface area contributed by atoms with Crippen LogP contribution >= 0.6 is 11.8 Å². The van der Waals surface area contributed by atoms with Crippen LogP contribution in [0, 0.1) is 27.7 Å². The van der Waals surface area contributed by atoms with Gasteiger partial charge in [0.25, 0.3) is 9.84 Å². The van der Waals surface area contributed by atoms with E-state index in [0.29, 0.717) is 5.56 Å². The summed E-state index contributed by atoms with van der Waals surface area (Å²) >= 11 is -0.0906. The average molecular weight is 763 g/mol. The molecule has 0 spiro atoms. The van der Waals surface area contributed by atoms with Gasteiger partial charge in [-0.3, -0.25) is 0 Å². The molecule has 4 nitrogen and oxygen atoms in total. The second kappa shape index (κ2) is 19.6. The Hall–Kier alpha value is -3.50. The zero-order valence-corrected chi connectivity index (χ0v) is 28.4. The van der Waals surface area contributed by atoms with Crippen LogP contribution < -0.4 is 4.74 Å². The van der Waals surface area contributed by atoms with Gasteiger partial charge in [-0.25, -0.2) is 12.6 Å². The molecule has 4 aromatic carbocycles. The number of thioether (sulfide) groups is 1. The number of hydrogen-bond acceptors (Lipinski definition) is 5. The van der Waals surface area contributed by atoms with Crippen molar-refractivity contribution in [1.29, 1.82) is 0 Å². The van der Waals surface area contributed by atoms with Crippen LogP contribution in [0.25, 0.3) is 0 Å². The fourth-order valence-electron chi connectivity index (χ4n) is 3.06. The molecular formula is C33H35F9O4S3. The van der Waals surface area contributed by atoms with Gasteiger partial charge in [0.05, 0.1) is 12.0 Å². The molecule has 1 unspecified atom stereocenters. The largest absolute Gasteiger partial charge is 0.501 e. The van der Waals surface area contributed by atoms with E-state index < -0.39 is 42.1 Å². The molecule has 0 amide bonds. The van der Waals surface area contributed by atoms with Gasteiger partial charge in [-0.15, -0.1) is 0 Å². The van der Waals surface area contributed by atoms with Crippen molar-refractivity contribution in [3.8, 4) is 5.75 Å². The summed E-state index contributed by atoms with van der Waals surface area (Å²) in [5.41, 5.74) is -10.3. The zero-order chi connectivity index (χ0) is 36.9. The van der Waals surface area contributed by atoms with Crippen LogP contribution in [0.15, 0.2) is 112 Å². The lowest BCUT2D eigenvalue weighted by Gasteiger charge is -2.07. The molecule has 0 N–H and O–H groups in total. The maximum Gasteiger partial charge on any atom is 0.501 e. The fraction of sp³-hybridized carbons (Fsp3) is 0.273. The number of methoxy groups -OCH3 is 1. The van der Waals surface area contributed by atoms with Gasteiger partial charge < -0.3 is 4.74 Å². The second-order valence-corrected chi connectivity index (χ2v) is 14.2. The van der Waals surface area contributed by atoms with Gasteiger partial charge >= 0.3 is 16.5 Å². The molecule has 0 aliphatic rings. The van der Waals surface area contributed by atoms with E-state index in [4.69, 9.17) is 4.74 Å². The minimum absolute atomic E-state index is 0. The first kappa shape index (κ1) is 45.5. The third-order valence-electron chi connectivity index (χ3n) is 5.59. The number of halogens is 9. The quantitative estimate of drug-likeness (QED) is 0.153. The highest BCUT2D eigenvalue weighted by Gasteiger charge is 2.46. The van der Waals surface area contributed by atoms with Gasteiger partial charge in [0.1, 0.15) is 5.75 Å². The number of benzene rings is 4. The zero-order valence-electron chi connectivity index (χ0n) is 26.0. The molecule has 1 atom stereocenters. The summed E-state index contributed by atoms with van der Waals surface area (Å²) in [5, 5.41) is 0. The molecule has 0 saturated heterocycles. The summed E-state index contributed by atoms with van der Waals surface area (Å²) in [7, 11) is -6.43. The molecule has 4 aromatic rings. The van der Waals surface area contributed by atoms with Crippen molar-refractivity contribution in [2.75, 3.05) is 7.11 Å². The van der Waals surface area contributed by atoms with Crippen molar-refractivity contribution in [2.24, 2.45) is 0 Å². The fourth-order valence-corrected chi connectivity index (χ4v) is 5.01. The molecule has 0 fully saturated rings. The Balaban J connectivity index is 0.000000629. The van der Waals surface area contributed by atoms with E-state index >= 15 is 0 Å². The van der Waals surface area contributed by atoms with E-state index in [0.717, 1.165) is 29.0 Å². The van der Waals surface area contributed by atoms with Gasteiger partial charge in [-0.05, 0) is 88.0 Å². The Morgan fingerprint density at radius 1 is 0.592 bits per heavy atom. The van der Waals surface area contributed by atoms with Crippen LogP contribution in [-0.4, -0.2) is 36.3 Å². The SMILES string of the molecule is C.COc1ccc(C)cc1.Cc1ccc(S(=O)(=O)C(F)(F)F)cc1.Cc1ccc(S(=O)C(F)(F)F)cc1.Cc1ccc(SC(F)(F)F)cc1. The molecule has 49 heavy (non-hydrogen) atoms. The highest BCUT2D eigenvalue weighted by Crippen LogP contribution is 2.36. The second-order valence-electron chi connectivity index (χ2n) is 9.67. The van der Waals surface area contributed by atoms with E-state index in [9.17, 15) is 52.1 Å². The predicted octanol–water partition coefficient (Wildman–Crippen LogP) is 11.2. The first-order valence-corrected chi connectivity index (χ1v) is 16.8. The molecule has 0 heterocycles. The van der Waals surface area contributed by atoms with Crippen LogP contribution in [0.1, 0.15) is 29.7 Å². The first-order chi connectivity index (χ1) is 22.0. The summed E-state index contributed by atoms with van der Waals surface area (Å²) in [6, 6.07) is 24.2. The van der Waals surface area contributed by atoms with Gasteiger partial charge in [0.2, 0.25) is 0 Å². The average Bonchev–Trinajstić information content (AvgIpc) is 2.98. The van der Waals surface area contributed by atoms with E-state index in [1.165, 1.54) is 54.1 Å². The van der Waals surface area contributed by atoms with Gasteiger partial charge in [-0.1, -0.05) is 78.2 Å². The Morgan fingerprint density at radius 3 is 1.27 bits per heavy atom. The highest BCUT2D eigenvalue weighted by atomic mass is 32.2. The number of ether oxygens (including phenoxy) is 1. The summed E-state index contributed by atoms with van der Waals surface area (Å²) in [6.45, 7) is 7.30. The van der Waals surface area contributed by atoms with Crippen molar-refractivity contribution < 1.29 is 56.9 Å². The summed E-state index contributed by atoms with van der Waals surface area (Å²) in [4.78, 5) is -0.707. The standard InChI is InChI=1S/C8H7F3O2S.C8H7F3OS.C8H7F3S.C8H10O.CH4/c1-6-2-4-7(5-3-6)14(12,13)8(9,10)11;1-6-2-4-7(5-3-6)13(12)8(9,10)11;1-6-2-4-7(5-3-6)12-8(9,10)11;1-7-3-5-8(9-2)6-4-7;/h2-5H,1H3;2-5H,1H3;2-5H,1H3;3-6H,1-2H3;1H4. The lowest BCUT2D eigenvalue weighted by molar-refractivity contribution is -0.0437. The topological polar surface area (TPSA) is 60.4 Å². The van der Waals surface area contributed by atoms with Crippen LogP contribution in [0.5, 0.6) is 5.75 Å². The number of aryl methyl sites for hydroxylation is 4. The Kier molecular flexibility index (Phi) is 18.2. The molecular weight excluding hydrogens is 728 g/mol. The summed E-state index contributed by atoms with van der Waals surface area (Å²) in [6.07, 6.45) is 0. The van der Waals surface area contributed by atoms with E-state index in [1.54, 1.807) is 33.1 Å². The van der Waals surface area contributed by atoms with Crippen LogP contribution in [0.2, 0.25) is 0 Å². The lowest BCUT2D eigenvalue weighted by atomic mass is 10.2. The molecule has 0 bridgehead atoms. The molecule has 4 rings (SSSR count). The van der Waals surface area contributed by atoms with Crippen molar-refractivity contribution in [1.82, 2.24) is 0 Å². The number of rotatable bonds is 4. The molecule has 0 aliphatic carbocycles. The van der Waals surface area contributed by atoms with Crippen LogP contribution in [-0.2, 0) is 20.6 Å². The van der Waals surface area contributed by atoms with E-state index in [2.05, 4.69) is 6.92 Å². The molecule has 16 heteroatoms. The molecule has 0 saturated carbocycles. The van der Waals surface area contributed by atoms with Crippen LogP contribution in [0.3, 0.4) is 0 Å². The molecule has 0 aliphatic heterocycles. The predicted molar refractivity (Wildman–Crippen MR) is 176 cm³/mol. The van der Waals surface area contributed by atoms with Crippen molar-refractivity contribution >= 4 is 32.4 Å². The Labute approximate surface area is 287 Å². The van der Waals surface area contributed by atoms with Crippen molar-refractivity contribution in [2.45, 2.75) is 66.3 Å². The molecule has 0 aromatic heterocycles. The minimum atomic E-state index is -5.23. The smallest absolute Gasteiger partial charge is 0.497 e. The third kappa shape index (κ3) is 17.1. The molecule has 0 radical (unpaired) electrons. The third-order valence-corrected chi connectivity index (χ3v) is 8.95. The van der Waals surface area contributed by atoms with Gasteiger partial charge in [-0.2, -0.15) is 39.5 Å². The monoisotopic (exact) mass is 762 g/mol.